The normalized spacial score (nSPS) is 32.7. The second-order valence-corrected chi connectivity index (χ2v) is 4.67. The molecule has 0 radical (unpaired) electrons. The van der Waals surface area contributed by atoms with Gasteiger partial charge in [-0.2, -0.15) is 0 Å². The minimum absolute atomic E-state index is 0.324. The van der Waals surface area contributed by atoms with E-state index in [1.165, 1.54) is 0 Å². The standard InChI is InChI=1S/C14H18O7/c1-19-14(8-15)12(17)11(16)10(21-14)7-20-13(18)9-5-3-2-4-6-9/h2-6,10-12,15-17H,7-8H2,1H3/t10-,11+,12+,14?/m1/s1/i1D. The zero-order valence-electron chi connectivity index (χ0n) is 12.2. The minimum Gasteiger partial charge on any atom is -0.459 e. The molecule has 2 rings (SSSR count). The summed E-state index contributed by atoms with van der Waals surface area (Å²) >= 11 is 0. The van der Waals surface area contributed by atoms with Gasteiger partial charge in [0.1, 0.15) is 31.5 Å². The molecule has 0 saturated carbocycles. The maximum Gasteiger partial charge on any atom is 0.338 e. The molecule has 1 aromatic rings. The molecule has 1 aliphatic rings. The van der Waals surface area contributed by atoms with Crippen LogP contribution in [-0.4, -0.2) is 65.7 Å². The summed E-state index contributed by atoms with van der Waals surface area (Å²) in [5.74, 6) is -2.49. The van der Waals surface area contributed by atoms with Gasteiger partial charge in [-0.3, -0.25) is 0 Å². The molecule has 1 aromatic carbocycles. The third kappa shape index (κ3) is 3.07. The predicted octanol–water partition coefficient (Wildman–Crippen LogP) is -0.701. The molecule has 1 unspecified atom stereocenters. The second kappa shape index (κ2) is 6.50. The van der Waals surface area contributed by atoms with Crippen LogP contribution in [0, 0.1) is 0 Å². The van der Waals surface area contributed by atoms with Crippen LogP contribution in [0.2, 0.25) is 0 Å². The molecule has 1 heterocycles. The van der Waals surface area contributed by atoms with E-state index in [1.54, 1.807) is 30.3 Å². The van der Waals surface area contributed by atoms with E-state index < -0.39 is 43.8 Å². The third-order valence-corrected chi connectivity index (χ3v) is 3.36. The van der Waals surface area contributed by atoms with Crippen molar-refractivity contribution >= 4 is 5.97 Å². The molecule has 1 aliphatic heterocycles. The van der Waals surface area contributed by atoms with Crippen LogP contribution >= 0.6 is 0 Å². The van der Waals surface area contributed by atoms with E-state index in [0.29, 0.717) is 5.56 Å². The Bertz CT molecular complexity index is 497. The van der Waals surface area contributed by atoms with Gasteiger partial charge in [-0.05, 0) is 12.1 Å². The van der Waals surface area contributed by atoms with Gasteiger partial charge in [0.25, 0.3) is 0 Å². The molecule has 0 aliphatic carbocycles. The van der Waals surface area contributed by atoms with Gasteiger partial charge >= 0.3 is 5.97 Å². The fourth-order valence-electron chi connectivity index (χ4n) is 2.10. The number of hydrogen-bond donors (Lipinski definition) is 3. The molecule has 4 atom stereocenters. The van der Waals surface area contributed by atoms with E-state index in [0.717, 1.165) is 0 Å². The van der Waals surface area contributed by atoms with Crippen LogP contribution in [0.3, 0.4) is 0 Å². The van der Waals surface area contributed by atoms with E-state index in [-0.39, 0.29) is 6.61 Å². The van der Waals surface area contributed by atoms with Gasteiger partial charge in [0.15, 0.2) is 0 Å². The number of aliphatic hydroxyl groups excluding tert-OH is 3. The fraction of sp³-hybridized carbons (Fsp3) is 0.500. The topological polar surface area (TPSA) is 105 Å². The third-order valence-electron chi connectivity index (χ3n) is 3.36. The Morgan fingerprint density at radius 3 is 2.76 bits per heavy atom. The van der Waals surface area contributed by atoms with Crippen LogP contribution in [0.1, 0.15) is 11.7 Å². The highest BCUT2D eigenvalue weighted by molar-refractivity contribution is 5.89. The van der Waals surface area contributed by atoms with Crippen molar-refractivity contribution in [3.05, 3.63) is 35.9 Å². The number of carbonyl (C=O) groups excluding carboxylic acids is 1. The fourth-order valence-corrected chi connectivity index (χ4v) is 2.10. The van der Waals surface area contributed by atoms with Crippen molar-refractivity contribution in [3.63, 3.8) is 0 Å². The molecule has 1 fully saturated rings. The molecule has 0 spiro atoms. The highest BCUT2D eigenvalue weighted by atomic mass is 16.7. The van der Waals surface area contributed by atoms with Crippen LogP contribution in [-0.2, 0) is 14.2 Å². The van der Waals surface area contributed by atoms with Crippen LogP contribution in [0.5, 0.6) is 0 Å². The summed E-state index contributed by atoms with van der Waals surface area (Å²) in [5.41, 5.74) is 0.339. The van der Waals surface area contributed by atoms with E-state index in [9.17, 15) is 20.1 Å². The Labute approximate surface area is 123 Å². The van der Waals surface area contributed by atoms with Gasteiger partial charge in [-0.25, -0.2) is 4.79 Å². The van der Waals surface area contributed by atoms with Crippen molar-refractivity contribution in [1.82, 2.24) is 0 Å². The molecular weight excluding hydrogens is 280 g/mol. The lowest BCUT2D eigenvalue weighted by molar-refractivity contribution is -0.263. The van der Waals surface area contributed by atoms with Crippen molar-refractivity contribution in [2.75, 3.05) is 20.3 Å². The Kier molecular flexibility index (Phi) is 4.47. The number of esters is 1. The second-order valence-electron chi connectivity index (χ2n) is 4.67. The summed E-state index contributed by atoms with van der Waals surface area (Å²) in [6, 6.07) is 8.26. The van der Waals surface area contributed by atoms with Gasteiger partial charge in [-0.15, -0.1) is 0 Å². The molecule has 7 nitrogen and oxygen atoms in total. The number of ether oxygens (including phenoxy) is 3. The van der Waals surface area contributed by atoms with Crippen molar-refractivity contribution < 1.29 is 35.7 Å². The first-order valence-electron chi connectivity index (χ1n) is 7.05. The minimum atomic E-state index is -1.88. The van der Waals surface area contributed by atoms with Crippen LogP contribution < -0.4 is 0 Å². The summed E-state index contributed by atoms with van der Waals surface area (Å²) in [6.45, 7) is -1.07. The number of aliphatic hydroxyl groups is 3. The number of rotatable bonds is 5. The predicted molar refractivity (Wildman–Crippen MR) is 70.4 cm³/mol. The van der Waals surface area contributed by atoms with Crippen molar-refractivity contribution in [3.8, 4) is 0 Å². The molecule has 0 aromatic heterocycles. The van der Waals surface area contributed by atoms with Crippen LogP contribution in [0.25, 0.3) is 0 Å². The maximum absolute atomic E-state index is 11.8. The van der Waals surface area contributed by atoms with Crippen LogP contribution in [0.4, 0.5) is 0 Å². The Balaban J connectivity index is 1.97. The average Bonchev–Trinajstić information content (AvgIpc) is 2.79. The lowest BCUT2D eigenvalue weighted by atomic mass is 10.1. The molecule has 0 bridgehead atoms. The molecular formula is C14H18O7. The highest BCUT2D eigenvalue weighted by Crippen LogP contribution is 2.32. The lowest BCUT2D eigenvalue weighted by Gasteiger charge is -2.27. The number of carbonyl (C=O) groups is 1. The molecule has 116 valence electrons. The van der Waals surface area contributed by atoms with Crippen molar-refractivity contribution in [1.29, 1.82) is 0 Å². The Hall–Kier alpha value is -1.51. The highest BCUT2D eigenvalue weighted by Gasteiger charge is 2.54. The van der Waals surface area contributed by atoms with Gasteiger partial charge in [0.2, 0.25) is 5.79 Å². The summed E-state index contributed by atoms with van der Waals surface area (Å²) in [6.07, 6.45) is -4.04. The first-order valence-corrected chi connectivity index (χ1v) is 6.34. The quantitative estimate of drug-likeness (QED) is 0.617. The van der Waals surface area contributed by atoms with E-state index in [1.807, 2.05) is 0 Å². The van der Waals surface area contributed by atoms with E-state index >= 15 is 0 Å². The van der Waals surface area contributed by atoms with Gasteiger partial charge in [-0.1, -0.05) is 18.2 Å². The van der Waals surface area contributed by atoms with Crippen molar-refractivity contribution in [2.24, 2.45) is 0 Å². The summed E-state index contributed by atoms with van der Waals surface area (Å²) in [5, 5.41) is 29.1. The summed E-state index contributed by atoms with van der Waals surface area (Å²) < 4.78 is 22.2. The Morgan fingerprint density at radius 1 is 1.43 bits per heavy atom. The zero-order chi connectivity index (χ0) is 16.2. The Morgan fingerprint density at radius 2 is 2.14 bits per heavy atom. The molecule has 7 heteroatoms. The van der Waals surface area contributed by atoms with Gasteiger partial charge in [0, 0.05) is 7.09 Å². The van der Waals surface area contributed by atoms with E-state index in [4.69, 9.17) is 15.6 Å². The first kappa shape index (κ1) is 14.4. The zero-order valence-corrected chi connectivity index (χ0v) is 11.2. The number of methoxy groups -OCH3 is 1. The first-order chi connectivity index (χ1) is 10.5. The van der Waals surface area contributed by atoms with Crippen molar-refractivity contribution in [2.45, 2.75) is 24.1 Å². The molecule has 0 amide bonds. The average molecular weight is 299 g/mol. The molecule has 1 saturated heterocycles. The lowest BCUT2D eigenvalue weighted by Crippen LogP contribution is -2.47. The van der Waals surface area contributed by atoms with E-state index in [2.05, 4.69) is 0 Å². The smallest absolute Gasteiger partial charge is 0.338 e. The SMILES string of the molecule is [2H]COC1(CO)O[C@H](COC(=O)c2ccccc2)[C@H](O)[C@@H]1O. The van der Waals surface area contributed by atoms with Gasteiger partial charge in [0.05, 0.1) is 6.93 Å². The number of benzene rings is 1. The monoisotopic (exact) mass is 299 g/mol. The summed E-state index contributed by atoms with van der Waals surface area (Å²) in [4.78, 5) is 11.8. The van der Waals surface area contributed by atoms with Gasteiger partial charge < -0.3 is 29.5 Å². The summed E-state index contributed by atoms with van der Waals surface area (Å²) in [7, 11) is -0.569. The maximum atomic E-state index is 11.8. The largest absolute Gasteiger partial charge is 0.459 e. The number of hydrogen-bond acceptors (Lipinski definition) is 7. The molecule has 3 N–H and O–H groups in total. The van der Waals surface area contributed by atoms with Crippen LogP contribution in [0.15, 0.2) is 30.3 Å². The molecule has 21 heavy (non-hydrogen) atoms.